The molecule has 1 saturated heterocycles. The quantitative estimate of drug-likeness (QED) is 0.918. The van der Waals surface area contributed by atoms with E-state index in [4.69, 9.17) is 14.2 Å². The molecule has 4 rings (SSSR count). The third kappa shape index (κ3) is 2.42. The van der Waals surface area contributed by atoms with Gasteiger partial charge in [0.25, 0.3) is 0 Å². The van der Waals surface area contributed by atoms with Gasteiger partial charge in [0.05, 0.1) is 12.5 Å². The first kappa shape index (κ1) is 12.8. The Morgan fingerprint density at radius 2 is 1.95 bits per heavy atom. The summed E-state index contributed by atoms with van der Waals surface area (Å²) in [6, 6.07) is 8.12. The lowest BCUT2D eigenvalue weighted by Gasteiger charge is -2.23. The lowest BCUT2D eigenvalue weighted by atomic mass is 9.93. The maximum absolute atomic E-state index is 5.70. The van der Waals surface area contributed by atoms with Crippen LogP contribution in [-0.2, 0) is 0 Å². The molecule has 0 bridgehead atoms. The fourth-order valence-corrected chi connectivity index (χ4v) is 3.23. The average Bonchev–Trinajstić information content (AvgIpc) is 3.05. The SMILES string of the molecule is c1ccc2c(c1)OCCC2c1nc(C2CCNCC2)no1. The van der Waals surface area contributed by atoms with Crippen molar-refractivity contribution in [3.8, 4) is 5.75 Å². The lowest BCUT2D eigenvalue weighted by Crippen LogP contribution is -2.27. The van der Waals surface area contributed by atoms with Crippen LogP contribution in [0.2, 0.25) is 0 Å². The van der Waals surface area contributed by atoms with Gasteiger partial charge in [0, 0.05) is 11.5 Å². The Morgan fingerprint density at radius 3 is 2.86 bits per heavy atom. The Balaban J connectivity index is 1.61. The van der Waals surface area contributed by atoms with Crippen LogP contribution in [0.4, 0.5) is 0 Å². The van der Waals surface area contributed by atoms with Crippen molar-refractivity contribution in [1.29, 1.82) is 0 Å². The number of hydrogen-bond donors (Lipinski definition) is 1. The highest BCUT2D eigenvalue weighted by molar-refractivity contribution is 5.40. The van der Waals surface area contributed by atoms with Gasteiger partial charge < -0.3 is 14.6 Å². The molecule has 1 N–H and O–H groups in total. The second-order valence-electron chi connectivity index (χ2n) is 5.74. The van der Waals surface area contributed by atoms with Gasteiger partial charge in [-0.15, -0.1) is 0 Å². The zero-order valence-electron chi connectivity index (χ0n) is 11.9. The van der Waals surface area contributed by atoms with Crippen molar-refractivity contribution in [2.75, 3.05) is 19.7 Å². The number of aromatic nitrogens is 2. The van der Waals surface area contributed by atoms with Crippen LogP contribution >= 0.6 is 0 Å². The van der Waals surface area contributed by atoms with Crippen molar-refractivity contribution >= 4 is 0 Å². The number of nitrogens with zero attached hydrogens (tertiary/aromatic N) is 2. The van der Waals surface area contributed by atoms with Crippen LogP contribution in [0.3, 0.4) is 0 Å². The van der Waals surface area contributed by atoms with E-state index in [2.05, 4.69) is 16.5 Å². The van der Waals surface area contributed by atoms with Gasteiger partial charge >= 0.3 is 0 Å². The summed E-state index contributed by atoms with van der Waals surface area (Å²) in [5.41, 5.74) is 1.16. The summed E-state index contributed by atoms with van der Waals surface area (Å²) in [5, 5.41) is 7.60. The molecule has 0 aliphatic carbocycles. The molecule has 5 heteroatoms. The van der Waals surface area contributed by atoms with Gasteiger partial charge in [-0.3, -0.25) is 0 Å². The number of nitrogens with one attached hydrogen (secondary N) is 1. The van der Waals surface area contributed by atoms with E-state index in [0.717, 1.165) is 55.4 Å². The molecule has 1 fully saturated rings. The van der Waals surface area contributed by atoms with E-state index in [1.165, 1.54) is 0 Å². The van der Waals surface area contributed by atoms with Gasteiger partial charge in [0.1, 0.15) is 5.75 Å². The van der Waals surface area contributed by atoms with Crippen LogP contribution in [-0.4, -0.2) is 29.8 Å². The van der Waals surface area contributed by atoms with E-state index in [-0.39, 0.29) is 5.92 Å². The van der Waals surface area contributed by atoms with E-state index >= 15 is 0 Å². The Morgan fingerprint density at radius 1 is 1.10 bits per heavy atom. The molecular weight excluding hydrogens is 266 g/mol. The summed E-state index contributed by atoms with van der Waals surface area (Å²) in [5.74, 6) is 3.14. The summed E-state index contributed by atoms with van der Waals surface area (Å²) in [6.45, 7) is 2.77. The Bertz CT molecular complexity index is 619. The number of benzene rings is 1. The molecule has 3 heterocycles. The minimum Gasteiger partial charge on any atom is -0.493 e. The number of rotatable bonds is 2. The normalized spacial score (nSPS) is 22.6. The fourth-order valence-electron chi connectivity index (χ4n) is 3.23. The zero-order valence-corrected chi connectivity index (χ0v) is 11.9. The third-order valence-corrected chi connectivity index (χ3v) is 4.42. The molecule has 2 aromatic rings. The summed E-state index contributed by atoms with van der Waals surface area (Å²) >= 11 is 0. The molecule has 1 unspecified atom stereocenters. The maximum atomic E-state index is 5.70. The highest BCUT2D eigenvalue weighted by Gasteiger charge is 2.29. The second-order valence-corrected chi connectivity index (χ2v) is 5.74. The van der Waals surface area contributed by atoms with Crippen molar-refractivity contribution in [3.05, 3.63) is 41.5 Å². The van der Waals surface area contributed by atoms with Crippen molar-refractivity contribution in [3.63, 3.8) is 0 Å². The van der Waals surface area contributed by atoms with Gasteiger partial charge in [0.2, 0.25) is 5.89 Å². The molecule has 0 spiro atoms. The van der Waals surface area contributed by atoms with E-state index in [1.807, 2.05) is 18.2 Å². The second kappa shape index (κ2) is 5.48. The van der Waals surface area contributed by atoms with Crippen molar-refractivity contribution in [2.45, 2.75) is 31.1 Å². The van der Waals surface area contributed by atoms with E-state index < -0.39 is 0 Å². The number of ether oxygens (including phenoxy) is 1. The van der Waals surface area contributed by atoms with Crippen LogP contribution in [0, 0.1) is 0 Å². The van der Waals surface area contributed by atoms with Crippen LogP contribution < -0.4 is 10.1 Å². The predicted molar refractivity (Wildman–Crippen MR) is 77.5 cm³/mol. The standard InChI is InChI=1S/C16H19N3O2/c1-2-4-14-12(3-1)13(7-10-20-14)16-18-15(19-21-16)11-5-8-17-9-6-11/h1-4,11,13,17H,5-10H2. The number of para-hydroxylation sites is 1. The summed E-state index contributed by atoms with van der Waals surface area (Å²) in [4.78, 5) is 4.70. The lowest BCUT2D eigenvalue weighted by molar-refractivity contribution is 0.256. The van der Waals surface area contributed by atoms with Crippen LogP contribution in [0.25, 0.3) is 0 Å². The third-order valence-electron chi connectivity index (χ3n) is 4.42. The van der Waals surface area contributed by atoms with E-state index in [9.17, 15) is 0 Å². The van der Waals surface area contributed by atoms with E-state index in [1.54, 1.807) is 0 Å². The monoisotopic (exact) mass is 285 g/mol. The smallest absolute Gasteiger partial charge is 0.234 e. The summed E-state index contributed by atoms with van der Waals surface area (Å²) in [7, 11) is 0. The van der Waals surface area contributed by atoms with Crippen molar-refractivity contribution in [1.82, 2.24) is 15.5 Å². The average molecular weight is 285 g/mol. The predicted octanol–water partition coefficient (Wildman–Crippen LogP) is 2.45. The number of piperidine rings is 1. The highest BCUT2D eigenvalue weighted by atomic mass is 16.5. The molecule has 1 aromatic heterocycles. The Labute approximate surface area is 123 Å². The highest BCUT2D eigenvalue weighted by Crippen LogP contribution is 2.37. The van der Waals surface area contributed by atoms with E-state index in [0.29, 0.717) is 12.5 Å². The molecule has 5 nitrogen and oxygen atoms in total. The van der Waals surface area contributed by atoms with Gasteiger partial charge in [0.15, 0.2) is 5.82 Å². The summed E-state index contributed by atoms with van der Waals surface area (Å²) in [6.07, 6.45) is 3.07. The van der Waals surface area contributed by atoms with Crippen LogP contribution in [0.1, 0.15) is 48.4 Å². The minimum absolute atomic E-state index is 0.165. The minimum atomic E-state index is 0.165. The molecule has 0 radical (unpaired) electrons. The first-order chi connectivity index (χ1) is 10.4. The molecule has 110 valence electrons. The number of fused-ring (bicyclic) bond motifs is 1. The maximum Gasteiger partial charge on any atom is 0.234 e. The molecule has 2 aliphatic rings. The van der Waals surface area contributed by atoms with Gasteiger partial charge in [-0.25, -0.2) is 0 Å². The largest absolute Gasteiger partial charge is 0.493 e. The van der Waals surface area contributed by atoms with Gasteiger partial charge in [-0.05, 0) is 38.4 Å². The van der Waals surface area contributed by atoms with Crippen molar-refractivity contribution < 1.29 is 9.26 Å². The van der Waals surface area contributed by atoms with Crippen molar-refractivity contribution in [2.24, 2.45) is 0 Å². The molecule has 0 amide bonds. The Kier molecular flexibility index (Phi) is 3.35. The zero-order chi connectivity index (χ0) is 14.1. The molecule has 2 aliphatic heterocycles. The van der Waals surface area contributed by atoms with Crippen LogP contribution in [0.5, 0.6) is 5.75 Å². The number of hydrogen-bond acceptors (Lipinski definition) is 5. The molecule has 1 atom stereocenters. The van der Waals surface area contributed by atoms with Gasteiger partial charge in [-0.2, -0.15) is 4.98 Å². The first-order valence-electron chi connectivity index (χ1n) is 7.68. The molecular formula is C16H19N3O2. The first-order valence-corrected chi connectivity index (χ1v) is 7.68. The van der Waals surface area contributed by atoms with Crippen LogP contribution in [0.15, 0.2) is 28.8 Å². The topological polar surface area (TPSA) is 60.2 Å². The molecule has 0 saturated carbocycles. The molecule has 21 heavy (non-hydrogen) atoms. The summed E-state index contributed by atoms with van der Waals surface area (Å²) < 4.78 is 11.3. The van der Waals surface area contributed by atoms with Gasteiger partial charge in [-0.1, -0.05) is 23.4 Å². The Hall–Kier alpha value is -1.88. The molecule has 1 aromatic carbocycles. The fraction of sp³-hybridized carbons (Fsp3) is 0.500.